The smallest absolute Gasteiger partial charge is 0.415 e. The standard InChI is InChI=1S/C22H24N4O4/c27-22(25-12-7-20(8-13-25)30-26-14-11-24-17-26)29-19-5-3-18(4-6-19)9-15-28-21-2-1-10-23-16-21/h1-6,10-11,14,16-17,20H,7-9,12-13,15H2. The topological polar surface area (TPSA) is 78.7 Å². The average molecular weight is 408 g/mol. The summed E-state index contributed by atoms with van der Waals surface area (Å²) in [5.74, 6) is 1.29. The van der Waals surface area contributed by atoms with E-state index in [1.165, 1.54) is 0 Å². The Morgan fingerprint density at radius 2 is 1.87 bits per heavy atom. The molecule has 156 valence electrons. The number of rotatable bonds is 7. The van der Waals surface area contributed by atoms with Crippen molar-refractivity contribution in [2.24, 2.45) is 0 Å². The molecule has 0 N–H and O–H groups in total. The number of nitrogens with zero attached hydrogens (tertiary/aromatic N) is 4. The molecule has 1 aromatic carbocycles. The van der Waals surface area contributed by atoms with Gasteiger partial charge in [-0.3, -0.25) is 4.98 Å². The maximum absolute atomic E-state index is 12.4. The average Bonchev–Trinajstić information content (AvgIpc) is 3.29. The molecule has 1 aliphatic heterocycles. The van der Waals surface area contributed by atoms with E-state index in [-0.39, 0.29) is 12.2 Å². The van der Waals surface area contributed by atoms with Gasteiger partial charge in [-0.2, -0.15) is 4.73 Å². The largest absolute Gasteiger partial charge is 0.492 e. The number of ether oxygens (including phenoxy) is 2. The molecule has 8 heteroatoms. The van der Waals surface area contributed by atoms with Crippen LogP contribution in [0.4, 0.5) is 4.79 Å². The van der Waals surface area contributed by atoms with Gasteiger partial charge in [-0.1, -0.05) is 12.1 Å². The van der Waals surface area contributed by atoms with E-state index in [0.29, 0.717) is 25.4 Å². The van der Waals surface area contributed by atoms with E-state index < -0.39 is 0 Å². The minimum Gasteiger partial charge on any atom is -0.492 e. The number of carbonyl (C=O) groups is 1. The molecule has 0 atom stereocenters. The molecule has 0 radical (unpaired) electrons. The summed E-state index contributed by atoms with van der Waals surface area (Å²) in [7, 11) is 0. The first-order valence-electron chi connectivity index (χ1n) is 10.00. The maximum atomic E-state index is 12.4. The first-order chi connectivity index (χ1) is 14.8. The summed E-state index contributed by atoms with van der Waals surface area (Å²) >= 11 is 0. The van der Waals surface area contributed by atoms with Crippen molar-refractivity contribution in [2.75, 3.05) is 19.7 Å². The Morgan fingerprint density at radius 3 is 2.57 bits per heavy atom. The number of pyridine rings is 1. The quantitative estimate of drug-likeness (QED) is 0.598. The molecule has 30 heavy (non-hydrogen) atoms. The van der Waals surface area contributed by atoms with E-state index in [1.807, 2.05) is 36.4 Å². The predicted molar refractivity (Wildman–Crippen MR) is 109 cm³/mol. The molecule has 1 saturated heterocycles. The second-order valence-corrected chi connectivity index (χ2v) is 7.01. The van der Waals surface area contributed by atoms with Crippen LogP contribution in [-0.2, 0) is 6.42 Å². The lowest BCUT2D eigenvalue weighted by atomic mass is 10.1. The summed E-state index contributed by atoms with van der Waals surface area (Å²) in [6.45, 7) is 1.75. The number of hydrogen-bond donors (Lipinski definition) is 0. The van der Waals surface area contributed by atoms with E-state index in [2.05, 4.69) is 9.97 Å². The summed E-state index contributed by atoms with van der Waals surface area (Å²) in [6, 6.07) is 11.2. The summed E-state index contributed by atoms with van der Waals surface area (Å²) in [5.41, 5.74) is 1.11. The lowest BCUT2D eigenvalue weighted by Gasteiger charge is -2.31. The highest BCUT2D eigenvalue weighted by atomic mass is 16.7. The van der Waals surface area contributed by atoms with E-state index in [0.717, 1.165) is 30.6 Å². The molecule has 0 aliphatic carbocycles. The summed E-state index contributed by atoms with van der Waals surface area (Å²) in [6.07, 6.45) is 10.5. The van der Waals surface area contributed by atoms with Crippen molar-refractivity contribution in [3.05, 3.63) is 73.1 Å². The third-order valence-electron chi connectivity index (χ3n) is 4.87. The van der Waals surface area contributed by atoms with E-state index in [9.17, 15) is 4.79 Å². The molecule has 8 nitrogen and oxygen atoms in total. The number of likely N-dealkylation sites (tertiary alicyclic amines) is 1. The van der Waals surface area contributed by atoms with Crippen molar-refractivity contribution in [3.63, 3.8) is 0 Å². The Labute approximate surface area is 175 Å². The number of amides is 1. The fourth-order valence-corrected chi connectivity index (χ4v) is 3.23. The first-order valence-corrected chi connectivity index (χ1v) is 10.00. The van der Waals surface area contributed by atoms with Crippen LogP contribution in [0.15, 0.2) is 67.5 Å². The Hall–Kier alpha value is -3.55. The van der Waals surface area contributed by atoms with Crippen LogP contribution in [-0.4, -0.2) is 51.5 Å². The summed E-state index contributed by atoms with van der Waals surface area (Å²) < 4.78 is 12.8. The van der Waals surface area contributed by atoms with Crippen molar-refractivity contribution >= 4 is 6.09 Å². The van der Waals surface area contributed by atoms with Crippen LogP contribution in [0, 0.1) is 0 Å². The Kier molecular flexibility index (Phi) is 6.44. The van der Waals surface area contributed by atoms with Crippen LogP contribution < -0.4 is 14.3 Å². The third kappa shape index (κ3) is 5.50. The number of aromatic nitrogens is 3. The first kappa shape index (κ1) is 19.8. The lowest BCUT2D eigenvalue weighted by Crippen LogP contribution is -2.44. The number of hydrogen-bond acceptors (Lipinski definition) is 6. The van der Waals surface area contributed by atoms with Crippen LogP contribution in [0.5, 0.6) is 11.5 Å². The van der Waals surface area contributed by atoms with Gasteiger partial charge in [-0.25, -0.2) is 9.78 Å². The van der Waals surface area contributed by atoms with Gasteiger partial charge in [0.15, 0.2) is 0 Å². The fraction of sp³-hybridized carbons (Fsp3) is 0.318. The van der Waals surface area contributed by atoms with Crippen molar-refractivity contribution in [3.8, 4) is 11.5 Å². The summed E-state index contributed by atoms with van der Waals surface area (Å²) in [5, 5.41) is 0. The Bertz CT molecular complexity index is 908. The number of carbonyl (C=O) groups excluding carboxylic acids is 1. The van der Waals surface area contributed by atoms with Gasteiger partial charge in [0.25, 0.3) is 0 Å². The molecular weight excluding hydrogens is 384 g/mol. The van der Waals surface area contributed by atoms with Gasteiger partial charge in [0.1, 0.15) is 23.9 Å². The van der Waals surface area contributed by atoms with Crippen molar-refractivity contribution in [1.29, 1.82) is 0 Å². The van der Waals surface area contributed by atoms with Gasteiger partial charge >= 0.3 is 6.09 Å². The fourth-order valence-electron chi connectivity index (χ4n) is 3.23. The van der Waals surface area contributed by atoms with Crippen molar-refractivity contribution < 1.29 is 19.1 Å². The van der Waals surface area contributed by atoms with Crippen LogP contribution in [0.2, 0.25) is 0 Å². The summed E-state index contributed by atoms with van der Waals surface area (Å²) in [4.78, 5) is 27.9. The van der Waals surface area contributed by atoms with Gasteiger partial charge in [-0.15, -0.1) is 0 Å². The van der Waals surface area contributed by atoms with Gasteiger partial charge in [0.2, 0.25) is 0 Å². The van der Waals surface area contributed by atoms with E-state index >= 15 is 0 Å². The van der Waals surface area contributed by atoms with Gasteiger partial charge in [-0.05, 0) is 29.8 Å². The zero-order valence-corrected chi connectivity index (χ0v) is 16.6. The van der Waals surface area contributed by atoms with Crippen molar-refractivity contribution in [2.45, 2.75) is 25.4 Å². The lowest BCUT2D eigenvalue weighted by molar-refractivity contribution is -0.0000192. The second-order valence-electron chi connectivity index (χ2n) is 7.01. The van der Waals surface area contributed by atoms with Crippen LogP contribution in [0.3, 0.4) is 0 Å². The molecule has 1 aliphatic rings. The molecule has 1 amide bonds. The maximum Gasteiger partial charge on any atom is 0.415 e. The number of imidazole rings is 1. The van der Waals surface area contributed by atoms with Crippen LogP contribution in [0.25, 0.3) is 0 Å². The van der Waals surface area contributed by atoms with Gasteiger partial charge in [0.05, 0.1) is 19.0 Å². The molecule has 0 unspecified atom stereocenters. The molecule has 3 aromatic rings. The van der Waals surface area contributed by atoms with Gasteiger partial charge < -0.3 is 19.2 Å². The molecular formula is C22H24N4O4. The molecule has 2 aromatic heterocycles. The highest BCUT2D eigenvalue weighted by Crippen LogP contribution is 2.17. The third-order valence-corrected chi connectivity index (χ3v) is 4.87. The molecule has 0 bridgehead atoms. The Morgan fingerprint density at radius 1 is 1.03 bits per heavy atom. The second kappa shape index (κ2) is 9.78. The monoisotopic (exact) mass is 408 g/mol. The SMILES string of the molecule is O=C(Oc1ccc(CCOc2cccnc2)cc1)N1CCC(On2ccnc2)CC1. The normalized spacial score (nSPS) is 14.3. The highest BCUT2D eigenvalue weighted by Gasteiger charge is 2.25. The number of piperidine rings is 1. The molecule has 1 fully saturated rings. The Balaban J connectivity index is 1.19. The minimum absolute atomic E-state index is 0.0661. The molecule has 4 rings (SSSR count). The van der Waals surface area contributed by atoms with Gasteiger partial charge in [0, 0.05) is 44.7 Å². The van der Waals surface area contributed by atoms with E-state index in [4.69, 9.17) is 14.3 Å². The highest BCUT2D eigenvalue weighted by molar-refractivity contribution is 5.70. The zero-order valence-electron chi connectivity index (χ0n) is 16.6. The van der Waals surface area contributed by atoms with Crippen LogP contribution >= 0.6 is 0 Å². The van der Waals surface area contributed by atoms with Crippen LogP contribution in [0.1, 0.15) is 18.4 Å². The zero-order chi connectivity index (χ0) is 20.6. The molecule has 0 spiro atoms. The molecule has 0 saturated carbocycles. The number of benzene rings is 1. The predicted octanol–water partition coefficient (Wildman–Crippen LogP) is 2.99. The molecule has 3 heterocycles. The van der Waals surface area contributed by atoms with E-state index in [1.54, 1.807) is 40.7 Å². The minimum atomic E-state index is -0.330. The van der Waals surface area contributed by atoms with Crippen molar-refractivity contribution in [1.82, 2.24) is 19.6 Å².